The molecule has 0 saturated carbocycles. The number of imidazole rings is 1. The van der Waals surface area contributed by atoms with Gasteiger partial charge >= 0.3 is 6.18 Å². The summed E-state index contributed by atoms with van der Waals surface area (Å²) in [6.45, 7) is -0.876. The molecule has 0 radical (unpaired) electrons. The fourth-order valence-electron chi connectivity index (χ4n) is 1.99. The van der Waals surface area contributed by atoms with Gasteiger partial charge in [0, 0.05) is 32.1 Å². The maximum atomic E-state index is 12.5. The van der Waals surface area contributed by atoms with E-state index in [4.69, 9.17) is 5.11 Å². The van der Waals surface area contributed by atoms with Gasteiger partial charge in [-0.2, -0.15) is 13.2 Å². The Hall–Kier alpha value is -1.67. The van der Waals surface area contributed by atoms with Crippen LogP contribution in [0.3, 0.4) is 0 Å². The van der Waals surface area contributed by atoms with Crippen molar-refractivity contribution in [2.45, 2.75) is 19.1 Å². The average molecular weight is 288 g/mol. The van der Waals surface area contributed by atoms with Crippen LogP contribution in [0.25, 0.3) is 5.78 Å². The zero-order valence-electron chi connectivity index (χ0n) is 10.7. The summed E-state index contributed by atoms with van der Waals surface area (Å²) in [6.07, 6.45) is 0.831. The minimum absolute atomic E-state index is 0.104. The molecule has 5 nitrogen and oxygen atoms in total. The molecule has 2 heterocycles. The van der Waals surface area contributed by atoms with E-state index in [0.717, 1.165) is 0 Å². The number of nitrogens with zero attached hydrogens (tertiary/aromatic N) is 4. The van der Waals surface area contributed by atoms with Gasteiger partial charge in [-0.1, -0.05) is 0 Å². The van der Waals surface area contributed by atoms with E-state index in [0.29, 0.717) is 17.9 Å². The standard InChI is InChI=1S/C12H15F3N4O/c13-12(14,15)9-18(4-2-6-20)8-10-7-17-11-16-3-1-5-19(10)11/h1,3,5,7,20H,2,4,6,8-9H2. The molecule has 2 rings (SSSR count). The van der Waals surface area contributed by atoms with Crippen LogP contribution < -0.4 is 0 Å². The highest BCUT2D eigenvalue weighted by atomic mass is 19.4. The Morgan fingerprint density at radius 2 is 2.10 bits per heavy atom. The van der Waals surface area contributed by atoms with Gasteiger partial charge in [0.1, 0.15) is 0 Å². The molecule has 8 heteroatoms. The van der Waals surface area contributed by atoms with E-state index in [-0.39, 0.29) is 19.7 Å². The Kier molecular flexibility index (Phi) is 4.56. The monoisotopic (exact) mass is 288 g/mol. The Labute approximate surface area is 113 Å². The van der Waals surface area contributed by atoms with Crippen LogP contribution in [0.1, 0.15) is 12.1 Å². The minimum atomic E-state index is -4.27. The smallest absolute Gasteiger partial charge is 0.396 e. The van der Waals surface area contributed by atoms with Gasteiger partial charge in [-0.25, -0.2) is 9.97 Å². The molecule has 0 amide bonds. The fraction of sp³-hybridized carbons (Fsp3) is 0.500. The van der Waals surface area contributed by atoms with Crippen molar-refractivity contribution in [1.82, 2.24) is 19.3 Å². The van der Waals surface area contributed by atoms with Crippen LogP contribution in [0.4, 0.5) is 13.2 Å². The van der Waals surface area contributed by atoms with Gasteiger partial charge in [0.2, 0.25) is 5.78 Å². The van der Waals surface area contributed by atoms with Crippen molar-refractivity contribution in [2.75, 3.05) is 19.7 Å². The van der Waals surface area contributed by atoms with Crippen LogP contribution >= 0.6 is 0 Å². The number of alkyl halides is 3. The van der Waals surface area contributed by atoms with Gasteiger partial charge in [-0.15, -0.1) is 0 Å². The summed E-state index contributed by atoms with van der Waals surface area (Å²) in [5, 5.41) is 8.78. The Bertz CT molecular complexity index is 555. The lowest BCUT2D eigenvalue weighted by Gasteiger charge is -2.22. The van der Waals surface area contributed by atoms with Crippen LogP contribution in [0.5, 0.6) is 0 Å². The van der Waals surface area contributed by atoms with Crippen molar-refractivity contribution >= 4 is 5.78 Å². The highest BCUT2D eigenvalue weighted by Crippen LogP contribution is 2.18. The third-order valence-corrected chi connectivity index (χ3v) is 2.79. The van der Waals surface area contributed by atoms with Crippen molar-refractivity contribution in [3.05, 3.63) is 30.4 Å². The van der Waals surface area contributed by atoms with Crippen LogP contribution in [0.2, 0.25) is 0 Å². The van der Waals surface area contributed by atoms with Crippen molar-refractivity contribution in [2.24, 2.45) is 0 Å². The predicted molar refractivity (Wildman–Crippen MR) is 66.0 cm³/mol. The normalized spacial score (nSPS) is 12.4. The number of rotatable bonds is 6. The van der Waals surface area contributed by atoms with E-state index in [1.165, 1.54) is 11.1 Å². The maximum Gasteiger partial charge on any atom is 0.401 e. The van der Waals surface area contributed by atoms with Crippen molar-refractivity contribution in [3.63, 3.8) is 0 Å². The molecule has 0 aliphatic rings. The van der Waals surface area contributed by atoms with Gasteiger partial charge in [0.15, 0.2) is 0 Å². The molecule has 0 aromatic carbocycles. The topological polar surface area (TPSA) is 53.7 Å². The summed E-state index contributed by atoms with van der Waals surface area (Å²) in [4.78, 5) is 9.30. The van der Waals surface area contributed by atoms with E-state index in [2.05, 4.69) is 9.97 Å². The molecule has 0 bridgehead atoms. The lowest BCUT2D eigenvalue weighted by molar-refractivity contribution is -0.147. The second-order valence-corrected chi connectivity index (χ2v) is 4.44. The zero-order valence-corrected chi connectivity index (χ0v) is 10.7. The number of hydrogen-bond acceptors (Lipinski definition) is 4. The molecule has 0 aliphatic heterocycles. The third-order valence-electron chi connectivity index (χ3n) is 2.79. The summed E-state index contributed by atoms with van der Waals surface area (Å²) < 4.78 is 39.3. The second-order valence-electron chi connectivity index (χ2n) is 4.44. The van der Waals surface area contributed by atoms with Crippen LogP contribution in [0.15, 0.2) is 24.7 Å². The first-order valence-corrected chi connectivity index (χ1v) is 6.16. The molecular formula is C12H15F3N4O. The SMILES string of the molecule is OCCCN(Cc1cnc2ncccn12)CC(F)(F)F. The molecule has 0 saturated heterocycles. The van der Waals surface area contributed by atoms with E-state index < -0.39 is 12.7 Å². The molecule has 0 spiro atoms. The summed E-state index contributed by atoms with van der Waals surface area (Å²) >= 11 is 0. The highest BCUT2D eigenvalue weighted by Gasteiger charge is 2.30. The Balaban J connectivity index is 2.13. The Morgan fingerprint density at radius 1 is 1.30 bits per heavy atom. The fourth-order valence-corrected chi connectivity index (χ4v) is 1.99. The minimum Gasteiger partial charge on any atom is -0.396 e. The van der Waals surface area contributed by atoms with Gasteiger partial charge in [0.25, 0.3) is 0 Å². The summed E-state index contributed by atoms with van der Waals surface area (Å²) in [5.74, 6) is 0.455. The quantitative estimate of drug-likeness (QED) is 0.874. The molecule has 0 fully saturated rings. The molecule has 2 aromatic rings. The summed E-state index contributed by atoms with van der Waals surface area (Å²) in [6, 6.07) is 1.69. The van der Waals surface area contributed by atoms with E-state index in [1.54, 1.807) is 22.9 Å². The van der Waals surface area contributed by atoms with Crippen LogP contribution in [-0.2, 0) is 6.54 Å². The molecule has 20 heavy (non-hydrogen) atoms. The first kappa shape index (κ1) is 14.7. The van der Waals surface area contributed by atoms with E-state index in [9.17, 15) is 13.2 Å². The number of halogens is 3. The molecule has 0 atom stereocenters. The largest absolute Gasteiger partial charge is 0.401 e. The first-order chi connectivity index (χ1) is 9.49. The molecule has 0 aliphatic carbocycles. The summed E-state index contributed by atoms with van der Waals surface area (Å²) in [5.41, 5.74) is 0.635. The number of hydrogen-bond donors (Lipinski definition) is 1. The predicted octanol–water partition coefficient (Wildman–Crippen LogP) is 1.48. The number of aliphatic hydroxyl groups excluding tert-OH is 1. The number of aromatic nitrogens is 3. The lowest BCUT2D eigenvalue weighted by atomic mass is 10.3. The molecule has 110 valence electrons. The van der Waals surface area contributed by atoms with Gasteiger partial charge < -0.3 is 5.11 Å². The molecule has 0 unspecified atom stereocenters. The van der Waals surface area contributed by atoms with Gasteiger partial charge in [-0.3, -0.25) is 9.30 Å². The third kappa shape index (κ3) is 3.91. The number of fused-ring (bicyclic) bond motifs is 1. The van der Waals surface area contributed by atoms with E-state index in [1.807, 2.05) is 0 Å². The highest BCUT2D eigenvalue weighted by molar-refractivity contribution is 5.30. The van der Waals surface area contributed by atoms with Gasteiger partial charge in [-0.05, 0) is 12.5 Å². The molecular weight excluding hydrogens is 273 g/mol. The second kappa shape index (κ2) is 6.19. The Morgan fingerprint density at radius 3 is 2.80 bits per heavy atom. The summed E-state index contributed by atoms with van der Waals surface area (Å²) in [7, 11) is 0. The lowest BCUT2D eigenvalue weighted by Crippen LogP contribution is -2.35. The first-order valence-electron chi connectivity index (χ1n) is 6.16. The van der Waals surface area contributed by atoms with Crippen LogP contribution in [0, 0.1) is 0 Å². The zero-order chi connectivity index (χ0) is 14.6. The molecule has 2 aromatic heterocycles. The average Bonchev–Trinajstić information content (AvgIpc) is 2.78. The maximum absolute atomic E-state index is 12.5. The van der Waals surface area contributed by atoms with Gasteiger partial charge in [0.05, 0.1) is 18.4 Å². The van der Waals surface area contributed by atoms with Crippen LogP contribution in [-0.4, -0.2) is 50.2 Å². The van der Waals surface area contributed by atoms with E-state index >= 15 is 0 Å². The molecule has 1 N–H and O–H groups in total. The van der Waals surface area contributed by atoms with Crippen molar-refractivity contribution < 1.29 is 18.3 Å². The number of aliphatic hydroxyl groups is 1. The van der Waals surface area contributed by atoms with Crippen molar-refractivity contribution in [1.29, 1.82) is 0 Å². The van der Waals surface area contributed by atoms with Crippen molar-refractivity contribution in [3.8, 4) is 0 Å².